The van der Waals surface area contributed by atoms with Crippen molar-refractivity contribution in [2.75, 3.05) is 5.75 Å². The molecule has 1 aliphatic rings. The van der Waals surface area contributed by atoms with E-state index in [1.807, 2.05) is 11.8 Å². The van der Waals surface area contributed by atoms with Crippen LogP contribution in [0, 0.1) is 0 Å². The summed E-state index contributed by atoms with van der Waals surface area (Å²) in [6.45, 7) is 16.1. The SMILES string of the molecule is CC1=C(O[Si](C)(C)C(C)(C)C)/C(=C(/C)CSc2ccccc2)CC1. The van der Waals surface area contributed by atoms with E-state index in [1.54, 1.807) is 0 Å². The largest absolute Gasteiger partial charge is 0.543 e. The molecule has 24 heavy (non-hydrogen) atoms. The van der Waals surface area contributed by atoms with Crippen molar-refractivity contribution in [3.63, 3.8) is 0 Å². The van der Waals surface area contributed by atoms with E-state index in [0.717, 1.165) is 18.6 Å². The molecular formula is C21H32OSSi. The van der Waals surface area contributed by atoms with Crippen molar-refractivity contribution in [1.29, 1.82) is 0 Å². The van der Waals surface area contributed by atoms with Crippen LogP contribution in [0.1, 0.15) is 47.5 Å². The van der Waals surface area contributed by atoms with E-state index < -0.39 is 8.32 Å². The van der Waals surface area contributed by atoms with Gasteiger partial charge in [0.1, 0.15) is 5.76 Å². The molecule has 0 amide bonds. The molecule has 0 heterocycles. The van der Waals surface area contributed by atoms with Crippen LogP contribution in [0.4, 0.5) is 0 Å². The Morgan fingerprint density at radius 1 is 1.12 bits per heavy atom. The maximum atomic E-state index is 6.71. The summed E-state index contributed by atoms with van der Waals surface area (Å²) < 4.78 is 6.71. The minimum absolute atomic E-state index is 0.237. The molecule has 1 aromatic rings. The molecule has 0 fully saturated rings. The second-order valence-corrected chi connectivity index (χ2v) is 14.1. The van der Waals surface area contributed by atoms with Crippen LogP contribution in [-0.4, -0.2) is 14.1 Å². The van der Waals surface area contributed by atoms with Gasteiger partial charge < -0.3 is 4.43 Å². The first-order valence-corrected chi connectivity index (χ1v) is 12.8. The van der Waals surface area contributed by atoms with Gasteiger partial charge >= 0.3 is 0 Å². The molecule has 0 saturated carbocycles. The molecule has 3 heteroatoms. The number of hydrogen-bond donors (Lipinski definition) is 0. The van der Waals surface area contributed by atoms with Gasteiger partial charge in [-0.05, 0) is 68.1 Å². The molecule has 0 aliphatic heterocycles. The van der Waals surface area contributed by atoms with Crippen molar-refractivity contribution in [3.05, 3.63) is 52.8 Å². The zero-order valence-electron chi connectivity index (χ0n) is 16.3. The summed E-state index contributed by atoms with van der Waals surface area (Å²) >= 11 is 1.92. The topological polar surface area (TPSA) is 9.23 Å². The Bertz CT molecular complexity index is 636. The van der Waals surface area contributed by atoms with Gasteiger partial charge in [0.2, 0.25) is 8.32 Å². The zero-order chi connectivity index (χ0) is 18.0. The van der Waals surface area contributed by atoms with Gasteiger partial charge in [0.15, 0.2) is 0 Å². The standard InChI is InChI=1S/C21H32OSSi/c1-16-13-14-19(20(16)22-24(6,7)21(3,4)5)17(2)15-23-18-11-9-8-10-12-18/h8-12H,13-15H2,1-7H3/b19-17-. The van der Waals surface area contributed by atoms with E-state index in [2.05, 4.69) is 78.0 Å². The minimum atomic E-state index is -1.79. The lowest BCUT2D eigenvalue weighted by molar-refractivity contribution is 0.391. The summed E-state index contributed by atoms with van der Waals surface area (Å²) in [5, 5.41) is 0.237. The lowest BCUT2D eigenvalue weighted by Crippen LogP contribution is -2.40. The smallest absolute Gasteiger partial charge is 0.250 e. The Morgan fingerprint density at radius 2 is 1.75 bits per heavy atom. The average Bonchev–Trinajstić information content (AvgIpc) is 2.85. The highest BCUT2D eigenvalue weighted by Gasteiger charge is 2.40. The highest BCUT2D eigenvalue weighted by atomic mass is 32.2. The quantitative estimate of drug-likeness (QED) is 0.406. The van der Waals surface area contributed by atoms with Crippen LogP contribution >= 0.6 is 11.8 Å². The molecule has 0 N–H and O–H groups in total. The molecule has 1 aromatic carbocycles. The Balaban J connectivity index is 2.16. The molecule has 0 bridgehead atoms. The van der Waals surface area contributed by atoms with E-state index in [9.17, 15) is 0 Å². The van der Waals surface area contributed by atoms with Crippen LogP contribution in [0.25, 0.3) is 0 Å². The molecular weight excluding hydrogens is 328 g/mol. The molecule has 0 unspecified atom stereocenters. The molecule has 1 aliphatic carbocycles. The fourth-order valence-electron chi connectivity index (χ4n) is 2.56. The van der Waals surface area contributed by atoms with Crippen molar-refractivity contribution in [1.82, 2.24) is 0 Å². The Labute approximate surface area is 153 Å². The van der Waals surface area contributed by atoms with E-state index in [1.165, 1.54) is 27.4 Å². The molecule has 0 saturated heterocycles. The van der Waals surface area contributed by atoms with Crippen molar-refractivity contribution in [3.8, 4) is 0 Å². The van der Waals surface area contributed by atoms with Crippen LogP contribution in [-0.2, 0) is 4.43 Å². The van der Waals surface area contributed by atoms with Gasteiger partial charge in [0.25, 0.3) is 0 Å². The average molecular weight is 361 g/mol. The summed E-state index contributed by atoms with van der Waals surface area (Å²) in [7, 11) is -1.79. The van der Waals surface area contributed by atoms with Crippen molar-refractivity contribution < 1.29 is 4.43 Å². The predicted octanol–water partition coefficient (Wildman–Crippen LogP) is 7.18. The highest BCUT2D eigenvalue weighted by molar-refractivity contribution is 7.99. The second-order valence-electron chi connectivity index (χ2n) is 8.33. The molecule has 0 aromatic heterocycles. The zero-order valence-corrected chi connectivity index (χ0v) is 18.1. The van der Waals surface area contributed by atoms with Gasteiger partial charge in [0.05, 0.1) is 0 Å². The third kappa shape index (κ3) is 4.57. The van der Waals surface area contributed by atoms with Crippen LogP contribution in [0.5, 0.6) is 0 Å². The predicted molar refractivity (Wildman–Crippen MR) is 110 cm³/mol. The van der Waals surface area contributed by atoms with Gasteiger partial charge in [-0.2, -0.15) is 0 Å². The first-order chi connectivity index (χ1) is 11.1. The normalized spacial score (nSPS) is 18.1. The number of rotatable bonds is 5. The monoisotopic (exact) mass is 360 g/mol. The first kappa shape index (κ1) is 19.4. The third-order valence-electron chi connectivity index (χ3n) is 5.29. The molecule has 0 atom stereocenters. The Kier molecular flexibility index (Phi) is 6.08. The number of thioether (sulfide) groups is 1. The third-order valence-corrected chi connectivity index (χ3v) is 10.8. The second kappa shape index (κ2) is 7.53. The number of allylic oxidation sites excluding steroid dienone is 2. The van der Waals surface area contributed by atoms with E-state index in [0.29, 0.717) is 0 Å². The van der Waals surface area contributed by atoms with Gasteiger partial charge in [-0.25, -0.2) is 0 Å². The molecule has 2 rings (SSSR count). The fraction of sp³-hybridized carbons (Fsp3) is 0.524. The molecule has 132 valence electrons. The van der Waals surface area contributed by atoms with Crippen LogP contribution in [0.3, 0.4) is 0 Å². The van der Waals surface area contributed by atoms with E-state index in [4.69, 9.17) is 4.43 Å². The summed E-state index contributed by atoms with van der Waals surface area (Å²) in [4.78, 5) is 1.34. The van der Waals surface area contributed by atoms with Gasteiger partial charge in [-0.15, -0.1) is 11.8 Å². The van der Waals surface area contributed by atoms with E-state index >= 15 is 0 Å². The molecule has 0 spiro atoms. The van der Waals surface area contributed by atoms with E-state index in [-0.39, 0.29) is 5.04 Å². The summed E-state index contributed by atoms with van der Waals surface area (Å²) in [5.74, 6) is 2.25. The maximum absolute atomic E-state index is 6.71. The molecule has 1 nitrogen and oxygen atoms in total. The Hall–Kier alpha value is -0.933. The van der Waals surface area contributed by atoms with Crippen LogP contribution in [0.15, 0.2) is 57.7 Å². The highest BCUT2D eigenvalue weighted by Crippen LogP contribution is 2.43. The summed E-state index contributed by atoms with van der Waals surface area (Å²) in [6, 6.07) is 10.7. The van der Waals surface area contributed by atoms with Crippen LogP contribution < -0.4 is 0 Å². The lowest BCUT2D eigenvalue weighted by atomic mass is 10.1. The summed E-state index contributed by atoms with van der Waals surface area (Å²) in [5.41, 5.74) is 4.36. The first-order valence-electron chi connectivity index (χ1n) is 8.87. The van der Waals surface area contributed by atoms with Crippen molar-refractivity contribution in [2.45, 2.75) is 70.5 Å². The lowest BCUT2D eigenvalue weighted by Gasteiger charge is -2.37. The van der Waals surface area contributed by atoms with Gasteiger partial charge in [-0.1, -0.05) is 44.5 Å². The van der Waals surface area contributed by atoms with Gasteiger partial charge in [0, 0.05) is 10.6 Å². The fourth-order valence-corrected chi connectivity index (χ4v) is 4.58. The van der Waals surface area contributed by atoms with Crippen molar-refractivity contribution >= 4 is 20.1 Å². The minimum Gasteiger partial charge on any atom is -0.543 e. The number of benzene rings is 1. The Morgan fingerprint density at radius 3 is 2.33 bits per heavy atom. The molecule has 0 radical (unpaired) electrons. The number of hydrogen-bond acceptors (Lipinski definition) is 2. The van der Waals surface area contributed by atoms with Crippen molar-refractivity contribution in [2.24, 2.45) is 0 Å². The maximum Gasteiger partial charge on any atom is 0.250 e. The van der Waals surface area contributed by atoms with Gasteiger partial charge in [-0.3, -0.25) is 0 Å². The van der Waals surface area contributed by atoms with Crippen LogP contribution in [0.2, 0.25) is 18.1 Å². The summed E-state index contributed by atoms with van der Waals surface area (Å²) in [6.07, 6.45) is 2.28.